The van der Waals surface area contributed by atoms with Crippen molar-refractivity contribution >= 4 is 10.0 Å². The summed E-state index contributed by atoms with van der Waals surface area (Å²) >= 11 is 0. The molecule has 1 aliphatic rings. The van der Waals surface area contributed by atoms with Crippen LogP contribution in [0, 0.1) is 11.6 Å². The number of benzene rings is 1. The van der Waals surface area contributed by atoms with Crippen molar-refractivity contribution < 1.29 is 22.0 Å². The Bertz CT molecular complexity index is 594. The molecular weight excluding hydrogens is 290 g/mol. The first-order chi connectivity index (χ1) is 9.38. The minimum Gasteiger partial charge on any atom is -0.297 e. The van der Waals surface area contributed by atoms with Gasteiger partial charge in [0.15, 0.2) is 11.6 Å². The van der Waals surface area contributed by atoms with Crippen molar-refractivity contribution in [3.63, 3.8) is 0 Å². The Balaban J connectivity index is 2.44. The molecule has 1 N–H and O–H groups in total. The lowest BCUT2D eigenvalue weighted by Crippen LogP contribution is -2.39. The predicted octanol–water partition coefficient (Wildman–Crippen LogP) is 1.19. The predicted molar refractivity (Wildman–Crippen MR) is 69.2 cm³/mol. The molecule has 0 saturated carbocycles. The van der Waals surface area contributed by atoms with E-state index in [9.17, 15) is 17.2 Å². The van der Waals surface area contributed by atoms with Gasteiger partial charge in [-0.3, -0.25) is 4.84 Å². The van der Waals surface area contributed by atoms with E-state index in [1.807, 2.05) is 0 Å². The molecule has 8 heteroatoms. The van der Waals surface area contributed by atoms with E-state index in [0.717, 1.165) is 6.07 Å². The van der Waals surface area contributed by atoms with Gasteiger partial charge in [0.1, 0.15) is 5.25 Å². The number of rotatable bonds is 4. The Morgan fingerprint density at radius 1 is 1.45 bits per heavy atom. The van der Waals surface area contributed by atoms with E-state index in [1.54, 1.807) is 6.92 Å². The standard InChI is InChI=1S/C12H16F2N2O3S/c1-3-15-20(17,18)10-7-19-16(2)12(10)8-5-4-6-9(13)11(8)14/h4-6,10,12,15H,3,7H2,1-2H3. The van der Waals surface area contributed by atoms with Gasteiger partial charge in [0.05, 0.1) is 12.6 Å². The summed E-state index contributed by atoms with van der Waals surface area (Å²) in [7, 11) is -2.18. The molecule has 0 amide bonds. The van der Waals surface area contributed by atoms with Crippen LogP contribution >= 0.6 is 0 Å². The average Bonchev–Trinajstić information content (AvgIpc) is 2.75. The maximum absolute atomic E-state index is 13.9. The van der Waals surface area contributed by atoms with Gasteiger partial charge in [-0.1, -0.05) is 19.1 Å². The fraction of sp³-hybridized carbons (Fsp3) is 0.500. The van der Waals surface area contributed by atoms with E-state index in [1.165, 1.54) is 24.2 Å². The van der Waals surface area contributed by atoms with Crippen molar-refractivity contribution in [2.75, 3.05) is 20.2 Å². The summed E-state index contributed by atoms with van der Waals surface area (Å²) in [6.07, 6.45) is 0. The molecule has 1 fully saturated rings. The van der Waals surface area contributed by atoms with Gasteiger partial charge in [-0.25, -0.2) is 21.9 Å². The van der Waals surface area contributed by atoms with Crippen LogP contribution in [-0.2, 0) is 14.9 Å². The molecule has 112 valence electrons. The Hall–Kier alpha value is -1.09. The highest BCUT2D eigenvalue weighted by Crippen LogP contribution is 2.34. The maximum atomic E-state index is 13.9. The first kappa shape index (κ1) is 15.3. The highest BCUT2D eigenvalue weighted by atomic mass is 32.2. The Kier molecular flexibility index (Phi) is 4.38. The number of hydroxylamine groups is 2. The summed E-state index contributed by atoms with van der Waals surface area (Å²) in [5, 5.41) is 0.251. The van der Waals surface area contributed by atoms with Gasteiger partial charge >= 0.3 is 0 Å². The molecule has 1 aliphatic heterocycles. The largest absolute Gasteiger partial charge is 0.297 e. The first-order valence-electron chi connectivity index (χ1n) is 6.16. The fourth-order valence-electron chi connectivity index (χ4n) is 2.31. The van der Waals surface area contributed by atoms with Gasteiger partial charge in [-0.2, -0.15) is 5.06 Å². The smallest absolute Gasteiger partial charge is 0.218 e. The third-order valence-corrected chi connectivity index (χ3v) is 5.11. The lowest BCUT2D eigenvalue weighted by molar-refractivity contribution is -0.111. The number of hydrogen-bond donors (Lipinski definition) is 1. The van der Waals surface area contributed by atoms with E-state index in [-0.39, 0.29) is 18.7 Å². The van der Waals surface area contributed by atoms with Gasteiger partial charge in [-0.15, -0.1) is 0 Å². The highest BCUT2D eigenvalue weighted by molar-refractivity contribution is 7.90. The van der Waals surface area contributed by atoms with Crippen LogP contribution in [0.3, 0.4) is 0 Å². The molecule has 1 heterocycles. The topological polar surface area (TPSA) is 58.6 Å². The maximum Gasteiger partial charge on any atom is 0.218 e. The summed E-state index contributed by atoms with van der Waals surface area (Å²) in [6.45, 7) is 1.77. The minimum absolute atomic E-state index is 0.0310. The molecule has 0 aromatic heterocycles. The number of hydrogen-bond acceptors (Lipinski definition) is 4. The summed E-state index contributed by atoms with van der Waals surface area (Å²) in [4.78, 5) is 5.19. The van der Waals surface area contributed by atoms with Crippen LogP contribution < -0.4 is 4.72 Å². The molecule has 0 aliphatic carbocycles. The van der Waals surface area contributed by atoms with Crippen LogP contribution in [0.5, 0.6) is 0 Å². The normalized spacial score (nSPS) is 24.2. The molecule has 0 radical (unpaired) electrons. The Morgan fingerprint density at radius 3 is 2.80 bits per heavy atom. The monoisotopic (exact) mass is 306 g/mol. The summed E-state index contributed by atoms with van der Waals surface area (Å²) < 4.78 is 53.9. The van der Waals surface area contributed by atoms with Crippen molar-refractivity contribution in [1.82, 2.24) is 9.79 Å². The number of halogens is 2. The third kappa shape index (κ3) is 2.69. The molecular formula is C12H16F2N2O3S. The average molecular weight is 306 g/mol. The minimum atomic E-state index is -3.68. The van der Waals surface area contributed by atoms with Crippen molar-refractivity contribution in [3.05, 3.63) is 35.4 Å². The van der Waals surface area contributed by atoms with Crippen molar-refractivity contribution in [1.29, 1.82) is 0 Å². The number of sulfonamides is 1. The fourth-order valence-corrected chi connectivity index (χ4v) is 3.82. The van der Waals surface area contributed by atoms with Crippen molar-refractivity contribution in [3.8, 4) is 0 Å². The molecule has 1 saturated heterocycles. The van der Waals surface area contributed by atoms with Crippen LogP contribution in [0.15, 0.2) is 18.2 Å². The lowest BCUT2D eigenvalue weighted by Gasteiger charge is -2.23. The SMILES string of the molecule is CCNS(=O)(=O)C1CON(C)C1c1cccc(F)c1F. The van der Waals surface area contributed by atoms with Gasteiger partial charge in [-0.05, 0) is 6.07 Å². The Labute approximate surface area is 116 Å². The Morgan fingerprint density at radius 2 is 2.15 bits per heavy atom. The molecule has 0 bridgehead atoms. The quantitative estimate of drug-likeness (QED) is 0.908. The van der Waals surface area contributed by atoms with E-state index in [2.05, 4.69) is 4.72 Å². The number of nitrogens with one attached hydrogen (secondary N) is 1. The van der Waals surface area contributed by atoms with Crippen LogP contribution in [-0.4, -0.2) is 38.9 Å². The molecule has 2 atom stereocenters. The van der Waals surface area contributed by atoms with Crippen molar-refractivity contribution in [2.45, 2.75) is 18.2 Å². The van der Waals surface area contributed by atoms with Crippen molar-refractivity contribution in [2.24, 2.45) is 0 Å². The molecule has 2 unspecified atom stereocenters. The van der Waals surface area contributed by atoms with Gasteiger partial charge in [0, 0.05) is 19.2 Å². The first-order valence-corrected chi connectivity index (χ1v) is 7.71. The van der Waals surface area contributed by atoms with Gasteiger partial charge < -0.3 is 0 Å². The van der Waals surface area contributed by atoms with Crippen LogP contribution in [0.2, 0.25) is 0 Å². The summed E-state index contributed by atoms with van der Waals surface area (Å²) in [5.74, 6) is -2.06. The number of nitrogens with zero attached hydrogens (tertiary/aromatic N) is 1. The van der Waals surface area contributed by atoms with Crippen LogP contribution in [0.4, 0.5) is 8.78 Å². The molecule has 2 rings (SSSR count). The molecule has 20 heavy (non-hydrogen) atoms. The van der Waals surface area contributed by atoms with E-state index >= 15 is 0 Å². The lowest BCUT2D eigenvalue weighted by atomic mass is 10.0. The van der Waals surface area contributed by atoms with Gasteiger partial charge in [0.25, 0.3) is 0 Å². The van der Waals surface area contributed by atoms with Crippen LogP contribution in [0.1, 0.15) is 18.5 Å². The third-order valence-electron chi connectivity index (χ3n) is 3.23. The molecule has 0 spiro atoms. The van der Waals surface area contributed by atoms with E-state index < -0.39 is 32.9 Å². The summed E-state index contributed by atoms with van der Waals surface area (Å²) in [5.41, 5.74) is -0.0310. The molecule has 1 aromatic carbocycles. The molecule has 1 aromatic rings. The second kappa shape index (κ2) is 5.72. The van der Waals surface area contributed by atoms with Gasteiger partial charge in [0.2, 0.25) is 10.0 Å². The van der Waals surface area contributed by atoms with Crippen LogP contribution in [0.25, 0.3) is 0 Å². The zero-order valence-corrected chi connectivity index (χ0v) is 12.0. The highest BCUT2D eigenvalue weighted by Gasteiger charge is 2.44. The summed E-state index contributed by atoms with van der Waals surface area (Å²) in [6, 6.07) is 2.80. The second-order valence-corrected chi connectivity index (χ2v) is 6.50. The van der Waals surface area contributed by atoms with E-state index in [0.29, 0.717) is 0 Å². The second-order valence-electron chi connectivity index (χ2n) is 4.51. The zero-order chi connectivity index (χ0) is 14.9. The van der Waals surface area contributed by atoms with E-state index in [4.69, 9.17) is 4.84 Å². The molecule has 5 nitrogen and oxygen atoms in total. The zero-order valence-electron chi connectivity index (χ0n) is 11.1.